The quantitative estimate of drug-likeness (QED) is 0.734. The van der Waals surface area contributed by atoms with Gasteiger partial charge in [-0.25, -0.2) is 0 Å². The summed E-state index contributed by atoms with van der Waals surface area (Å²) >= 11 is 0. The molecule has 4 atom stereocenters. The highest BCUT2D eigenvalue weighted by atomic mass is 16.2. The maximum atomic E-state index is 13.6. The van der Waals surface area contributed by atoms with E-state index in [9.17, 15) is 4.79 Å². The molecule has 0 spiro atoms. The minimum absolute atomic E-state index is 0.0780. The van der Waals surface area contributed by atoms with Gasteiger partial charge in [0.15, 0.2) is 0 Å². The number of hydrogen-bond donors (Lipinski definition) is 0. The number of anilines is 1. The summed E-state index contributed by atoms with van der Waals surface area (Å²) in [5, 5.41) is 0. The van der Waals surface area contributed by atoms with Crippen LogP contribution >= 0.6 is 0 Å². The van der Waals surface area contributed by atoms with Crippen LogP contribution in [0.3, 0.4) is 0 Å². The largest absolute Gasteiger partial charge is 0.311 e. The molecule has 2 saturated carbocycles. The lowest BCUT2D eigenvalue weighted by atomic mass is 9.56. The first-order valence-electron chi connectivity index (χ1n) is 9.39. The fourth-order valence-corrected chi connectivity index (χ4v) is 6.07. The summed E-state index contributed by atoms with van der Waals surface area (Å²) in [6.45, 7) is 7.76. The van der Waals surface area contributed by atoms with Gasteiger partial charge in [-0.1, -0.05) is 26.0 Å². The van der Waals surface area contributed by atoms with E-state index in [1.807, 2.05) is 0 Å². The van der Waals surface area contributed by atoms with Crippen LogP contribution in [-0.4, -0.2) is 12.5 Å². The highest BCUT2D eigenvalue weighted by Gasteiger charge is 2.51. The molecule has 0 saturated heterocycles. The molecule has 2 bridgehead atoms. The molecule has 2 heteroatoms. The predicted molar refractivity (Wildman–Crippen MR) is 94.6 cm³/mol. The second-order valence-corrected chi connectivity index (χ2v) is 8.72. The molecule has 1 aliphatic heterocycles. The van der Waals surface area contributed by atoms with Gasteiger partial charge in [-0.15, -0.1) is 0 Å². The number of hydrogen-bond acceptors (Lipinski definition) is 1. The molecular formula is C21H29NO. The second-order valence-electron chi connectivity index (χ2n) is 8.72. The molecule has 23 heavy (non-hydrogen) atoms. The molecular weight excluding hydrogens is 282 g/mol. The molecule has 0 radical (unpaired) electrons. The molecule has 1 heterocycles. The van der Waals surface area contributed by atoms with Gasteiger partial charge in [0, 0.05) is 12.2 Å². The van der Waals surface area contributed by atoms with Gasteiger partial charge in [0.05, 0.1) is 5.41 Å². The Morgan fingerprint density at radius 2 is 1.83 bits per heavy atom. The number of benzene rings is 1. The normalized spacial score (nSPS) is 36.0. The van der Waals surface area contributed by atoms with Gasteiger partial charge >= 0.3 is 0 Å². The molecule has 3 aliphatic rings. The van der Waals surface area contributed by atoms with Crippen LogP contribution in [0.25, 0.3) is 0 Å². The van der Waals surface area contributed by atoms with Crippen molar-refractivity contribution < 1.29 is 4.79 Å². The van der Waals surface area contributed by atoms with Crippen LogP contribution in [0.5, 0.6) is 0 Å². The second kappa shape index (κ2) is 5.36. The minimum Gasteiger partial charge on any atom is -0.311 e. The maximum absolute atomic E-state index is 13.6. The summed E-state index contributed by atoms with van der Waals surface area (Å²) in [7, 11) is 0. The number of rotatable bonds is 1. The van der Waals surface area contributed by atoms with Crippen molar-refractivity contribution >= 4 is 11.6 Å². The van der Waals surface area contributed by atoms with E-state index >= 15 is 0 Å². The van der Waals surface area contributed by atoms with E-state index in [1.54, 1.807) is 0 Å². The summed E-state index contributed by atoms with van der Waals surface area (Å²) in [6.07, 6.45) is 7.02. The van der Waals surface area contributed by atoms with Crippen molar-refractivity contribution in [3.05, 3.63) is 29.3 Å². The van der Waals surface area contributed by atoms with Crippen LogP contribution in [-0.2, 0) is 11.2 Å². The Bertz CT molecular complexity index is 615. The monoisotopic (exact) mass is 311 g/mol. The first-order chi connectivity index (χ1) is 11.0. The maximum Gasteiger partial charge on any atom is 0.233 e. The standard InChI is InChI=1S/C21H29NO/c1-14-9-17-10-15(2)12-21(11-14,13-17)20(23)22-8-7-18-16(3)5-4-6-19(18)22/h4-6,14-15,17H,7-13H2,1-3H3/t14-,15+,17-,21?. The molecule has 2 fully saturated rings. The molecule has 4 rings (SSSR count). The number of carbonyl (C=O) groups is 1. The Morgan fingerprint density at radius 1 is 1.13 bits per heavy atom. The van der Waals surface area contributed by atoms with Crippen LogP contribution in [0.1, 0.15) is 57.1 Å². The fourth-order valence-electron chi connectivity index (χ4n) is 6.07. The first kappa shape index (κ1) is 15.2. The summed E-state index contributed by atoms with van der Waals surface area (Å²) in [5.41, 5.74) is 3.84. The third kappa shape index (κ3) is 2.42. The van der Waals surface area contributed by atoms with E-state index < -0.39 is 0 Å². The lowest BCUT2D eigenvalue weighted by Gasteiger charge is -2.50. The minimum atomic E-state index is -0.0780. The predicted octanol–water partition coefficient (Wildman–Crippen LogP) is 4.74. The molecule has 2 aliphatic carbocycles. The van der Waals surface area contributed by atoms with Crippen molar-refractivity contribution in [1.29, 1.82) is 0 Å². The van der Waals surface area contributed by atoms with Crippen molar-refractivity contribution in [3.63, 3.8) is 0 Å². The Balaban J connectivity index is 1.68. The van der Waals surface area contributed by atoms with E-state index in [4.69, 9.17) is 0 Å². The van der Waals surface area contributed by atoms with E-state index in [0.29, 0.717) is 17.7 Å². The van der Waals surface area contributed by atoms with Crippen molar-refractivity contribution in [2.45, 2.75) is 59.3 Å². The smallest absolute Gasteiger partial charge is 0.233 e. The number of amides is 1. The van der Waals surface area contributed by atoms with Crippen molar-refractivity contribution in [3.8, 4) is 0 Å². The van der Waals surface area contributed by atoms with E-state index in [2.05, 4.69) is 43.9 Å². The summed E-state index contributed by atoms with van der Waals surface area (Å²) < 4.78 is 0. The Kier molecular flexibility index (Phi) is 3.55. The molecule has 0 aromatic heterocycles. The zero-order valence-electron chi connectivity index (χ0n) is 14.8. The zero-order chi connectivity index (χ0) is 16.2. The van der Waals surface area contributed by atoms with Crippen LogP contribution in [0.4, 0.5) is 5.69 Å². The van der Waals surface area contributed by atoms with Gasteiger partial charge < -0.3 is 4.90 Å². The van der Waals surface area contributed by atoms with Crippen molar-refractivity contribution in [2.24, 2.45) is 23.2 Å². The lowest BCUT2D eigenvalue weighted by molar-refractivity contribution is -0.136. The Labute approximate surface area is 140 Å². The Morgan fingerprint density at radius 3 is 2.52 bits per heavy atom. The van der Waals surface area contributed by atoms with E-state index in [1.165, 1.54) is 29.7 Å². The fraction of sp³-hybridized carbons (Fsp3) is 0.667. The molecule has 1 aromatic rings. The lowest BCUT2D eigenvalue weighted by Crippen LogP contribution is -2.50. The van der Waals surface area contributed by atoms with Crippen LogP contribution in [0.2, 0.25) is 0 Å². The van der Waals surface area contributed by atoms with Crippen LogP contribution in [0, 0.1) is 30.1 Å². The van der Waals surface area contributed by atoms with Gasteiger partial charge in [-0.05, 0) is 80.4 Å². The third-order valence-electron chi connectivity index (χ3n) is 6.59. The van der Waals surface area contributed by atoms with Crippen LogP contribution < -0.4 is 4.90 Å². The highest BCUT2D eigenvalue weighted by molar-refractivity contribution is 5.99. The summed E-state index contributed by atoms with van der Waals surface area (Å²) in [5.74, 6) is 2.60. The number of aryl methyl sites for hydroxylation is 1. The third-order valence-corrected chi connectivity index (χ3v) is 6.59. The molecule has 2 nitrogen and oxygen atoms in total. The SMILES string of the molecule is Cc1cccc2c1CCN2C(=O)C12C[C@H](C)C[C@H](C[C@H](C)C1)C2. The molecule has 1 aromatic carbocycles. The van der Waals surface area contributed by atoms with Gasteiger partial charge in [-0.3, -0.25) is 4.79 Å². The number of nitrogens with zero attached hydrogens (tertiary/aromatic N) is 1. The van der Waals surface area contributed by atoms with E-state index in [0.717, 1.165) is 38.1 Å². The Hall–Kier alpha value is -1.31. The molecule has 1 unspecified atom stereocenters. The zero-order valence-corrected chi connectivity index (χ0v) is 14.8. The molecule has 124 valence electrons. The number of fused-ring (bicyclic) bond motifs is 3. The van der Waals surface area contributed by atoms with Crippen molar-refractivity contribution in [2.75, 3.05) is 11.4 Å². The van der Waals surface area contributed by atoms with E-state index in [-0.39, 0.29) is 5.41 Å². The topological polar surface area (TPSA) is 20.3 Å². The van der Waals surface area contributed by atoms with Gasteiger partial charge in [0.1, 0.15) is 0 Å². The molecule has 1 amide bonds. The average Bonchev–Trinajstić information content (AvgIpc) is 2.90. The average molecular weight is 311 g/mol. The van der Waals surface area contributed by atoms with Crippen LogP contribution in [0.15, 0.2) is 18.2 Å². The van der Waals surface area contributed by atoms with Gasteiger partial charge in [0.2, 0.25) is 5.91 Å². The van der Waals surface area contributed by atoms with Gasteiger partial charge in [-0.2, -0.15) is 0 Å². The van der Waals surface area contributed by atoms with Gasteiger partial charge in [0.25, 0.3) is 0 Å². The highest BCUT2D eigenvalue weighted by Crippen LogP contribution is 2.54. The molecule has 0 N–H and O–H groups in total. The van der Waals surface area contributed by atoms with Crippen molar-refractivity contribution in [1.82, 2.24) is 0 Å². The first-order valence-corrected chi connectivity index (χ1v) is 9.39. The summed E-state index contributed by atoms with van der Waals surface area (Å²) in [4.78, 5) is 15.8. The number of carbonyl (C=O) groups excluding carboxylic acids is 1. The summed E-state index contributed by atoms with van der Waals surface area (Å²) in [6, 6.07) is 6.43.